The molecule has 0 aliphatic carbocycles. The summed E-state index contributed by atoms with van der Waals surface area (Å²) in [5.41, 5.74) is 2.91. The highest BCUT2D eigenvalue weighted by molar-refractivity contribution is 5.25. The van der Waals surface area contributed by atoms with Crippen molar-refractivity contribution in [1.29, 1.82) is 0 Å². The quantitative estimate of drug-likeness (QED) is 0.715. The molecule has 1 aromatic carbocycles. The highest BCUT2D eigenvalue weighted by Gasteiger charge is 2.05. The third-order valence-corrected chi connectivity index (χ3v) is 3.80. The molecule has 1 heteroatoms. The summed E-state index contributed by atoms with van der Waals surface area (Å²) in [5.74, 6) is 0.683. The Balaban J connectivity index is 2.51. The fourth-order valence-corrected chi connectivity index (χ4v) is 1.81. The van der Waals surface area contributed by atoms with Gasteiger partial charge in [-0.1, -0.05) is 38.1 Å². The maximum Gasteiger partial charge on any atom is 0.00356 e. The van der Waals surface area contributed by atoms with Gasteiger partial charge in [0.25, 0.3) is 0 Å². The first-order valence-electron chi connectivity index (χ1n) is 6.83. The van der Waals surface area contributed by atoms with E-state index in [1.165, 1.54) is 17.5 Å². The molecule has 1 nitrogen and oxygen atoms in total. The summed E-state index contributed by atoms with van der Waals surface area (Å²) >= 11 is 0. The SMILES string of the molecule is CCC(C)c1ccc(CCN(C)C(C)C)cc1. The van der Waals surface area contributed by atoms with Crippen molar-refractivity contribution in [3.63, 3.8) is 0 Å². The van der Waals surface area contributed by atoms with Crippen molar-refractivity contribution in [2.24, 2.45) is 0 Å². The third-order valence-electron chi connectivity index (χ3n) is 3.80. The molecule has 1 rings (SSSR count). The van der Waals surface area contributed by atoms with Gasteiger partial charge in [0.1, 0.15) is 0 Å². The van der Waals surface area contributed by atoms with E-state index in [9.17, 15) is 0 Å². The van der Waals surface area contributed by atoms with E-state index in [1.807, 2.05) is 0 Å². The van der Waals surface area contributed by atoms with E-state index < -0.39 is 0 Å². The summed E-state index contributed by atoms with van der Waals surface area (Å²) in [4.78, 5) is 2.39. The van der Waals surface area contributed by atoms with E-state index in [4.69, 9.17) is 0 Å². The molecule has 0 bridgehead atoms. The van der Waals surface area contributed by atoms with E-state index in [1.54, 1.807) is 0 Å². The van der Waals surface area contributed by atoms with E-state index in [0.717, 1.165) is 13.0 Å². The first-order valence-corrected chi connectivity index (χ1v) is 6.83. The van der Waals surface area contributed by atoms with Gasteiger partial charge < -0.3 is 4.90 Å². The zero-order valence-electron chi connectivity index (χ0n) is 12.0. The highest BCUT2D eigenvalue weighted by atomic mass is 15.1. The van der Waals surface area contributed by atoms with Crippen molar-refractivity contribution >= 4 is 0 Å². The molecule has 96 valence electrons. The summed E-state index contributed by atoms with van der Waals surface area (Å²) in [6.07, 6.45) is 2.37. The minimum Gasteiger partial charge on any atom is -0.304 e. The average Bonchev–Trinajstić information content (AvgIpc) is 2.35. The Labute approximate surface area is 107 Å². The Bertz CT molecular complexity index is 313. The predicted octanol–water partition coefficient (Wildman–Crippen LogP) is 4.08. The van der Waals surface area contributed by atoms with Crippen LogP contribution in [0.15, 0.2) is 24.3 Å². The number of likely N-dealkylation sites (N-methyl/N-ethyl adjacent to an activating group) is 1. The largest absolute Gasteiger partial charge is 0.304 e. The smallest absolute Gasteiger partial charge is 0.00356 e. The lowest BCUT2D eigenvalue weighted by Gasteiger charge is -2.20. The monoisotopic (exact) mass is 233 g/mol. The van der Waals surface area contributed by atoms with Crippen molar-refractivity contribution < 1.29 is 0 Å². The molecule has 0 saturated heterocycles. The molecular weight excluding hydrogens is 206 g/mol. The molecule has 0 aliphatic rings. The van der Waals surface area contributed by atoms with Crippen LogP contribution in [0.1, 0.15) is 51.2 Å². The summed E-state index contributed by atoms with van der Waals surface area (Å²) < 4.78 is 0. The first-order chi connectivity index (χ1) is 8.04. The molecule has 0 saturated carbocycles. The van der Waals surface area contributed by atoms with E-state index >= 15 is 0 Å². The van der Waals surface area contributed by atoms with Crippen LogP contribution in [0.3, 0.4) is 0 Å². The molecule has 0 heterocycles. The zero-order valence-corrected chi connectivity index (χ0v) is 12.0. The Morgan fingerprint density at radius 2 is 1.65 bits per heavy atom. The van der Waals surface area contributed by atoms with Gasteiger partial charge in [0, 0.05) is 12.6 Å². The molecule has 0 N–H and O–H groups in total. The fourth-order valence-electron chi connectivity index (χ4n) is 1.81. The van der Waals surface area contributed by atoms with Gasteiger partial charge in [-0.2, -0.15) is 0 Å². The van der Waals surface area contributed by atoms with Gasteiger partial charge in [0.05, 0.1) is 0 Å². The van der Waals surface area contributed by atoms with E-state index in [0.29, 0.717) is 12.0 Å². The Morgan fingerprint density at radius 3 is 2.12 bits per heavy atom. The second-order valence-electron chi connectivity index (χ2n) is 5.38. The van der Waals surface area contributed by atoms with Crippen LogP contribution in [0, 0.1) is 0 Å². The summed E-state index contributed by atoms with van der Waals surface area (Å²) in [6.45, 7) is 10.2. The fraction of sp³-hybridized carbons (Fsp3) is 0.625. The summed E-state index contributed by atoms with van der Waals surface area (Å²) in [5, 5.41) is 0. The van der Waals surface area contributed by atoms with Gasteiger partial charge in [-0.25, -0.2) is 0 Å². The molecular formula is C16H27N. The lowest BCUT2D eigenvalue weighted by atomic mass is 9.97. The van der Waals surface area contributed by atoms with Gasteiger partial charge in [0.15, 0.2) is 0 Å². The molecule has 0 spiro atoms. The standard InChI is InChI=1S/C16H27N/c1-6-14(4)16-9-7-15(8-10-16)11-12-17(5)13(2)3/h7-10,13-14H,6,11-12H2,1-5H3. The Kier molecular flexibility index (Phi) is 5.70. The van der Waals surface area contributed by atoms with Crippen LogP contribution in [-0.4, -0.2) is 24.5 Å². The molecule has 0 amide bonds. The van der Waals surface area contributed by atoms with Gasteiger partial charge in [-0.3, -0.25) is 0 Å². The molecule has 1 unspecified atom stereocenters. The third kappa shape index (κ3) is 4.51. The number of hydrogen-bond acceptors (Lipinski definition) is 1. The zero-order chi connectivity index (χ0) is 12.8. The van der Waals surface area contributed by atoms with Crippen molar-refractivity contribution in [3.8, 4) is 0 Å². The van der Waals surface area contributed by atoms with Gasteiger partial charge in [-0.15, -0.1) is 0 Å². The minimum atomic E-state index is 0.634. The summed E-state index contributed by atoms with van der Waals surface area (Å²) in [6, 6.07) is 9.79. The summed E-state index contributed by atoms with van der Waals surface area (Å²) in [7, 11) is 2.19. The van der Waals surface area contributed by atoms with E-state index in [-0.39, 0.29) is 0 Å². The van der Waals surface area contributed by atoms with Crippen LogP contribution in [0.25, 0.3) is 0 Å². The van der Waals surface area contributed by atoms with Crippen LogP contribution >= 0.6 is 0 Å². The second kappa shape index (κ2) is 6.80. The Hall–Kier alpha value is -0.820. The van der Waals surface area contributed by atoms with Crippen LogP contribution in [0.2, 0.25) is 0 Å². The van der Waals surface area contributed by atoms with Crippen LogP contribution in [0.5, 0.6) is 0 Å². The Morgan fingerprint density at radius 1 is 1.06 bits per heavy atom. The number of rotatable bonds is 6. The molecule has 0 aromatic heterocycles. The second-order valence-corrected chi connectivity index (χ2v) is 5.38. The van der Waals surface area contributed by atoms with Crippen molar-refractivity contribution in [2.75, 3.05) is 13.6 Å². The molecule has 1 atom stereocenters. The maximum absolute atomic E-state index is 2.39. The van der Waals surface area contributed by atoms with Gasteiger partial charge in [-0.05, 0) is 50.8 Å². The van der Waals surface area contributed by atoms with Crippen molar-refractivity contribution in [2.45, 2.75) is 52.5 Å². The number of nitrogens with zero attached hydrogens (tertiary/aromatic N) is 1. The highest BCUT2D eigenvalue weighted by Crippen LogP contribution is 2.19. The molecule has 1 aromatic rings. The normalized spacial score (nSPS) is 13.4. The molecule has 0 fully saturated rings. The lowest BCUT2D eigenvalue weighted by molar-refractivity contribution is 0.277. The predicted molar refractivity (Wildman–Crippen MR) is 76.6 cm³/mol. The number of hydrogen-bond donors (Lipinski definition) is 0. The van der Waals surface area contributed by atoms with Crippen LogP contribution < -0.4 is 0 Å². The van der Waals surface area contributed by atoms with Gasteiger partial charge >= 0.3 is 0 Å². The van der Waals surface area contributed by atoms with Gasteiger partial charge in [0.2, 0.25) is 0 Å². The number of benzene rings is 1. The lowest BCUT2D eigenvalue weighted by Crippen LogP contribution is -2.28. The molecule has 0 radical (unpaired) electrons. The van der Waals surface area contributed by atoms with Crippen molar-refractivity contribution in [3.05, 3.63) is 35.4 Å². The molecule has 17 heavy (non-hydrogen) atoms. The maximum atomic E-state index is 2.39. The van der Waals surface area contributed by atoms with Crippen molar-refractivity contribution in [1.82, 2.24) is 4.90 Å². The molecule has 0 aliphatic heterocycles. The first kappa shape index (κ1) is 14.2. The van der Waals surface area contributed by atoms with Crippen LogP contribution in [-0.2, 0) is 6.42 Å². The van der Waals surface area contributed by atoms with Crippen LogP contribution in [0.4, 0.5) is 0 Å². The average molecular weight is 233 g/mol. The minimum absolute atomic E-state index is 0.634. The van der Waals surface area contributed by atoms with E-state index in [2.05, 4.69) is 63.9 Å². The topological polar surface area (TPSA) is 3.24 Å².